The molecule has 0 atom stereocenters. The second kappa shape index (κ2) is 8.19. The maximum absolute atomic E-state index is 12.4. The van der Waals surface area contributed by atoms with E-state index in [-0.39, 0.29) is 11.6 Å². The molecule has 0 radical (unpaired) electrons. The number of carbonyl (C=O) groups excluding carboxylic acids is 1. The molecule has 0 aliphatic heterocycles. The van der Waals surface area contributed by atoms with E-state index >= 15 is 0 Å². The average molecular weight is 413 g/mol. The van der Waals surface area contributed by atoms with Crippen molar-refractivity contribution in [2.45, 2.75) is 13.8 Å². The number of rotatable bonds is 5. The molecule has 0 aliphatic rings. The van der Waals surface area contributed by atoms with Crippen molar-refractivity contribution >= 4 is 34.4 Å². The van der Waals surface area contributed by atoms with E-state index in [0.29, 0.717) is 16.8 Å². The molecule has 3 aromatic carbocycles. The van der Waals surface area contributed by atoms with Crippen molar-refractivity contribution < 1.29 is 9.72 Å². The molecular formula is C23H19N5O3. The highest BCUT2D eigenvalue weighted by Crippen LogP contribution is 2.22. The van der Waals surface area contributed by atoms with Gasteiger partial charge in [0.2, 0.25) is 5.91 Å². The topological polar surface area (TPSA) is 103 Å². The number of nitro groups is 1. The third kappa shape index (κ3) is 4.48. The number of aryl methyl sites for hydroxylation is 2. The van der Waals surface area contributed by atoms with Crippen molar-refractivity contribution in [2.75, 3.05) is 5.32 Å². The number of carbonyl (C=O) groups is 1. The Labute approximate surface area is 178 Å². The van der Waals surface area contributed by atoms with Crippen LogP contribution in [0.4, 0.5) is 11.4 Å². The van der Waals surface area contributed by atoms with Crippen molar-refractivity contribution in [2.24, 2.45) is 0 Å². The van der Waals surface area contributed by atoms with Gasteiger partial charge in [-0.05, 0) is 55.3 Å². The van der Waals surface area contributed by atoms with Crippen molar-refractivity contribution in [3.05, 3.63) is 93.5 Å². The summed E-state index contributed by atoms with van der Waals surface area (Å²) in [5.74, 6) is -0.347. The molecule has 0 saturated heterocycles. The monoisotopic (exact) mass is 413 g/mol. The minimum atomic E-state index is -0.472. The van der Waals surface area contributed by atoms with Gasteiger partial charge in [0, 0.05) is 23.9 Å². The van der Waals surface area contributed by atoms with Gasteiger partial charge in [0.05, 0.1) is 10.6 Å². The molecule has 0 bridgehead atoms. The van der Waals surface area contributed by atoms with Gasteiger partial charge in [0.25, 0.3) is 5.69 Å². The molecule has 0 saturated carbocycles. The summed E-state index contributed by atoms with van der Waals surface area (Å²) in [7, 11) is 0. The van der Waals surface area contributed by atoms with Gasteiger partial charge in [-0.15, -0.1) is 10.2 Å². The van der Waals surface area contributed by atoms with E-state index in [0.717, 1.165) is 22.3 Å². The Morgan fingerprint density at radius 1 is 1.03 bits per heavy atom. The number of hydrogen-bond donors (Lipinski definition) is 1. The standard InChI is InChI=1S/C23H19N5O3/c1-15-6-9-18(10-7-15)27-25-21-12-16(2)20(14-22(21)26-27)24-23(29)11-8-17-4-3-5-19(13-17)28(30)31/h3-14H,1-2H3,(H,24,29). The summed E-state index contributed by atoms with van der Waals surface area (Å²) in [6.07, 6.45) is 2.87. The lowest BCUT2D eigenvalue weighted by molar-refractivity contribution is -0.384. The molecule has 0 spiro atoms. The second-order valence-electron chi connectivity index (χ2n) is 7.16. The van der Waals surface area contributed by atoms with E-state index in [4.69, 9.17) is 0 Å². The highest BCUT2D eigenvalue weighted by Gasteiger charge is 2.10. The van der Waals surface area contributed by atoms with Crippen LogP contribution in [0.3, 0.4) is 0 Å². The van der Waals surface area contributed by atoms with Gasteiger partial charge in [-0.3, -0.25) is 14.9 Å². The molecule has 0 unspecified atom stereocenters. The highest BCUT2D eigenvalue weighted by atomic mass is 16.6. The summed E-state index contributed by atoms with van der Waals surface area (Å²) >= 11 is 0. The first-order valence-electron chi connectivity index (χ1n) is 9.57. The molecule has 4 aromatic rings. The second-order valence-corrected chi connectivity index (χ2v) is 7.16. The van der Waals surface area contributed by atoms with Crippen LogP contribution in [0.1, 0.15) is 16.7 Å². The van der Waals surface area contributed by atoms with E-state index in [1.54, 1.807) is 23.0 Å². The van der Waals surface area contributed by atoms with Crippen LogP contribution in [-0.2, 0) is 4.79 Å². The third-order valence-electron chi connectivity index (χ3n) is 4.76. The fourth-order valence-electron chi connectivity index (χ4n) is 3.08. The zero-order valence-corrected chi connectivity index (χ0v) is 16.9. The number of aromatic nitrogens is 3. The zero-order chi connectivity index (χ0) is 22.0. The van der Waals surface area contributed by atoms with Crippen LogP contribution in [-0.4, -0.2) is 25.8 Å². The fourth-order valence-corrected chi connectivity index (χ4v) is 3.08. The largest absolute Gasteiger partial charge is 0.322 e. The van der Waals surface area contributed by atoms with Gasteiger partial charge in [0.15, 0.2) is 0 Å². The maximum atomic E-state index is 12.4. The van der Waals surface area contributed by atoms with Crippen LogP contribution < -0.4 is 5.32 Å². The molecule has 4 rings (SSSR count). The molecule has 1 N–H and O–H groups in total. The number of benzene rings is 3. The van der Waals surface area contributed by atoms with Crippen LogP contribution in [0.15, 0.2) is 66.7 Å². The van der Waals surface area contributed by atoms with Crippen LogP contribution in [0.5, 0.6) is 0 Å². The zero-order valence-electron chi connectivity index (χ0n) is 16.9. The van der Waals surface area contributed by atoms with Crippen LogP contribution in [0, 0.1) is 24.0 Å². The van der Waals surface area contributed by atoms with E-state index in [1.807, 2.05) is 44.2 Å². The van der Waals surface area contributed by atoms with Crippen LogP contribution in [0.25, 0.3) is 22.8 Å². The minimum Gasteiger partial charge on any atom is -0.322 e. The summed E-state index contributed by atoms with van der Waals surface area (Å²) in [5.41, 5.74) is 5.40. The number of fused-ring (bicyclic) bond motifs is 1. The predicted molar refractivity (Wildman–Crippen MR) is 119 cm³/mol. The Balaban J connectivity index is 1.54. The molecule has 1 heterocycles. The number of nitrogens with zero attached hydrogens (tertiary/aromatic N) is 4. The highest BCUT2D eigenvalue weighted by molar-refractivity contribution is 6.03. The molecule has 8 heteroatoms. The first-order valence-corrected chi connectivity index (χ1v) is 9.57. The summed E-state index contributed by atoms with van der Waals surface area (Å²) in [6.45, 7) is 3.90. The Kier molecular flexibility index (Phi) is 5.28. The van der Waals surface area contributed by atoms with E-state index in [2.05, 4.69) is 15.5 Å². The average Bonchev–Trinajstić information content (AvgIpc) is 3.16. The lowest BCUT2D eigenvalue weighted by atomic mass is 10.1. The predicted octanol–water partition coefficient (Wildman–Crippen LogP) is 4.60. The van der Waals surface area contributed by atoms with Crippen LogP contribution >= 0.6 is 0 Å². The van der Waals surface area contributed by atoms with E-state index < -0.39 is 4.92 Å². The number of amides is 1. The lowest BCUT2D eigenvalue weighted by Gasteiger charge is -2.05. The van der Waals surface area contributed by atoms with E-state index in [9.17, 15) is 14.9 Å². The van der Waals surface area contributed by atoms with Gasteiger partial charge in [-0.2, -0.15) is 4.80 Å². The molecule has 0 fully saturated rings. The van der Waals surface area contributed by atoms with Crippen LogP contribution in [0.2, 0.25) is 0 Å². The molecule has 1 amide bonds. The quantitative estimate of drug-likeness (QED) is 0.293. The summed E-state index contributed by atoms with van der Waals surface area (Å²) in [4.78, 5) is 24.3. The molecule has 1 aromatic heterocycles. The molecule has 154 valence electrons. The first-order chi connectivity index (χ1) is 14.9. The summed E-state index contributed by atoms with van der Waals surface area (Å²) < 4.78 is 0. The lowest BCUT2D eigenvalue weighted by Crippen LogP contribution is -2.08. The normalized spacial score (nSPS) is 11.2. The van der Waals surface area contributed by atoms with Crippen molar-refractivity contribution in [1.82, 2.24) is 15.0 Å². The number of non-ortho nitro benzene ring substituents is 1. The number of hydrogen-bond acceptors (Lipinski definition) is 5. The Morgan fingerprint density at radius 2 is 1.74 bits per heavy atom. The van der Waals surface area contributed by atoms with Gasteiger partial charge in [-0.1, -0.05) is 29.8 Å². The van der Waals surface area contributed by atoms with Gasteiger partial charge in [-0.25, -0.2) is 0 Å². The first kappa shape index (κ1) is 20.0. The molecular weight excluding hydrogens is 394 g/mol. The van der Waals surface area contributed by atoms with Crippen molar-refractivity contribution in [1.29, 1.82) is 0 Å². The Hall–Kier alpha value is -4.33. The number of anilines is 1. The van der Waals surface area contributed by atoms with Crippen molar-refractivity contribution in [3.8, 4) is 5.69 Å². The molecule has 31 heavy (non-hydrogen) atoms. The Bertz CT molecular complexity index is 1320. The molecule has 0 aliphatic carbocycles. The van der Waals surface area contributed by atoms with Gasteiger partial charge in [0.1, 0.15) is 11.0 Å². The number of nitrogens with one attached hydrogen (secondary N) is 1. The third-order valence-corrected chi connectivity index (χ3v) is 4.76. The minimum absolute atomic E-state index is 0.0273. The van der Waals surface area contributed by atoms with Gasteiger partial charge >= 0.3 is 0 Å². The smallest absolute Gasteiger partial charge is 0.270 e. The molecule has 8 nitrogen and oxygen atoms in total. The Morgan fingerprint density at radius 3 is 2.45 bits per heavy atom. The number of nitro benzene ring substituents is 1. The summed E-state index contributed by atoms with van der Waals surface area (Å²) in [6, 6.07) is 17.6. The van der Waals surface area contributed by atoms with Gasteiger partial charge < -0.3 is 5.32 Å². The summed E-state index contributed by atoms with van der Waals surface area (Å²) in [5, 5.41) is 22.7. The van der Waals surface area contributed by atoms with Crippen molar-refractivity contribution in [3.63, 3.8) is 0 Å². The fraction of sp³-hybridized carbons (Fsp3) is 0.0870. The maximum Gasteiger partial charge on any atom is 0.270 e. The SMILES string of the molecule is Cc1ccc(-n2nc3cc(C)c(NC(=O)C=Cc4cccc([N+](=O)[O-])c4)cc3n2)cc1. The van der Waals surface area contributed by atoms with E-state index in [1.165, 1.54) is 24.3 Å².